The van der Waals surface area contributed by atoms with Gasteiger partial charge >= 0.3 is 0 Å². The Hall–Kier alpha value is -0.120. The van der Waals surface area contributed by atoms with Crippen molar-refractivity contribution in [2.45, 2.75) is 51.7 Å². The summed E-state index contributed by atoms with van der Waals surface area (Å²) < 4.78 is 0. The van der Waals surface area contributed by atoms with Crippen molar-refractivity contribution >= 4 is 0 Å². The van der Waals surface area contributed by atoms with Crippen LogP contribution in [0, 0.1) is 11.8 Å². The molecule has 1 saturated carbocycles. The third-order valence-electron chi connectivity index (χ3n) is 3.54. The van der Waals surface area contributed by atoms with Gasteiger partial charge in [-0.3, -0.25) is 0 Å². The average Bonchev–Trinajstić information content (AvgIpc) is 2.20. The number of hydrogen-bond donors (Lipinski definition) is 3. The van der Waals surface area contributed by atoms with E-state index < -0.39 is 5.60 Å². The lowest BCUT2D eigenvalue weighted by Gasteiger charge is -2.35. The molecule has 0 aromatic heterocycles. The minimum atomic E-state index is -0.986. The van der Waals surface area contributed by atoms with E-state index in [4.69, 9.17) is 5.11 Å². The number of hydrogen-bond acceptors (Lipinski definition) is 3. The molecule has 90 valence electrons. The van der Waals surface area contributed by atoms with Crippen molar-refractivity contribution in [3.05, 3.63) is 0 Å². The highest BCUT2D eigenvalue weighted by molar-refractivity contribution is 4.84. The fourth-order valence-corrected chi connectivity index (χ4v) is 2.22. The second-order valence-corrected chi connectivity index (χ2v) is 5.54. The van der Waals surface area contributed by atoms with Gasteiger partial charge in [-0.25, -0.2) is 0 Å². The molecule has 15 heavy (non-hydrogen) atoms. The van der Waals surface area contributed by atoms with Gasteiger partial charge in [-0.05, 0) is 31.6 Å². The molecule has 4 atom stereocenters. The van der Waals surface area contributed by atoms with Crippen LogP contribution in [0.3, 0.4) is 0 Å². The zero-order valence-corrected chi connectivity index (χ0v) is 10.2. The van der Waals surface area contributed by atoms with Gasteiger partial charge in [0.25, 0.3) is 0 Å². The van der Waals surface area contributed by atoms with E-state index in [0.29, 0.717) is 18.5 Å². The van der Waals surface area contributed by atoms with E-state index >= 15 is 0 Å². The van der Waals surface area contributed by atoms with E-state index in [-0.39, 0.29) is 6.61 Å². The Labute approximate surface area is 92.9 Å². The Morgan fingerprint density at radius 2 is 2.00 bits per heavy atom. The van der Waals surface area contributed by atoms with Gasteiger partial charge in [0.2, 0.25) is 0 Å². The van der Waals surface area contributed by atoms with Gasteiger partial charge in [-0.2, -0.15) is 0 Å². The first-order valence-electron chi connectivity index (χ1n) is 6.01. The lowest BCUT2D eigenvalue weighted by Crippen LogP contribution is -2.48. The topological polar surface area (TPSA) is 52.5 Å². The van der Waals surface area contributed by atoms with Crippen LogP contribution in [0.1, 0.15) is 40.0 Å². The maximum Gasteiger partial charge on any atom is 0.0972 e. The summed E-state index contributed by atoms with van der Waals surface area (Å²) >= 11 is 0. The molecule has 0 amide bonds. The fourth-order valence-electron chi connectivity index (χ4n) is 2.22. The maximum absolute atomic E-state index is 9.69. The minimum absolute atomic E-state index is 0.184. The van der Waals surface area contributed by atoms with Gasteiger partial charge in [0.15, 0.2) is 0 Å². The van der Waals surface area contributed by atoms with E-state index in [2.05, 4.69) is 19.2 Å². The summed E-state index contributed by atoms with van der Waals surface area (Å²) in [5, 5.41) is 22.0. The SMILES string of the molecule is CC1CCC(C)C(NCC(C)(O)CO)C1. The third-order valence-corrected chi connectivity index (χ3v) is 3.54. The Morgan fingerprint density at radius 3 is 2.60 bits per heavy atom. The van der Waals surface area contributed by atoms with Crippen LogP contribution in [-0.2, 0) is 0 Å². The molecule has 1 rings (SSSR count). The van der Waals surface area contributed by atoms with Crippen molar-refractivity contribution < 1.29 is 10.2 Å². The van der Waals surface area contributed by atoms with Crippen LogP contribution in [0.15, 0.2) is 0 Å². The molecule has 0 bridgehead atoms. The van der Waals surface area contributed by atoms with Crippen molar-refractivity contribution in [3.63, 3.8) is 0 Å². The first-order valence-corrected chi connectivity index (χ1v) is 6.01. The molecular weight excluding hydrogens is 190 g/mol. The quantitative estimate of drug-likeness (QED) is 0.659. The Bertz CT molecular complexity index is 194. The van der Waals surface area contributed by atoms with Gasteiger partial charge in [0, 0.05) is 12.6 Å². The van der Waals surface area contributed by atoms with Gasteiger partial charge < -0.3 is 15.5 Å². The first kappa shape index (κ1) is 12.9. The van der Waals surface area contributed by atoms with Crippen molar-refractivity contribution in [1.29, 1.82) is 0 Å². The Kier molecular flexibility index (Phi) is 4.56. The lowest BCUT2D eigenvalue weighted by molar-refractivity contribution is -0.00233. The van der Waals surface area contributed by atoms with E-state index in [1.807, 2.05) is 0 Å². The maximum atomic E-state index is 9.69. The predicted molar refractivity (Wildman–Crippen MR) is 61.7 cm³/mol. The highest BCUT2D eigenvalue weighted by Gasteiger charge is 2.27. The van der Waals surface area contributed by atoms with E-state index in [9.17, 15) is 5.11 Å². The van der Waals surface area contributed by atoms with Gasteiger partial charge in [-0.15, -0.1) is 0 Å². The van der Waals surface area contributed by atoms with Crippen LogP contribution < -0.4 is 5.32 Å². The van der Waals surface area contributed by atoms with E-state index in [1.165, 1.54) is 19.3 Å². The molecule has 0 aliphatic heterocycles. The molecule has 0 aromatic rings. The number of nitrogens with one attached hydrogen (secondary N) is 1. The molecule has 3 N–H and O–H groups in total. The Morgan fingerprint density at radius 1 is 1.33 bits per heavy atom. The third kappa shape index (κ3) is 4.09. The molecule has 0 aromatic carbocycles. The first-order chi connectivity index (χ1) is 6.94. The molecule has 1 aliphatic rings. The summed E-state index contributed by atoms with van der Waals surface area (Å²) in [5.74, 6) is 1.45. The monoisotopic (exact) mass is 215 g/mol. The van der Waals surface area contributed by atoms with Crippen LogP contribution in [0.25, 0.3) is 0 Å². The second-order valence-electron chi connectivity index (χ2n) is 5.54. The summed E-state index contributed by atoms with van der Waals surface area (Å²) in [6.07, 6.45) is 3.76. The van der Waals surface area contributed by atoms with Crippen molar-refractivity contribution in [2.75, 3.05) is 13.2 Å². The van der Waals surface area contributed by atoms with Crippen LogP contribution in [0.5, 0.6) is 0 Å². The number of aliphatic hydroxyl groups excluding tert-OH is 1. The summed E-state index contributed by atoms with van der Waals surface area (Å²) in [6, 6.07) is 0.492. The summed E-state index contributed by atoms with van der Waals surface area (Å²) in [4.78, 5) is 0. The van der Waals surface area contributed by atoms with E-state index in [0.717, 1.165) is 5.92 Å². The molecule has 0 heterocycles. The van der Waals surface area contributed by atoms with Crippen molar-refractivity contribution in [2.24, 2.45) is 11.8 Å². The zero-order valence-electron chi connectivity index (χ0n) is 10.2. The molecule has 3 heteroatoms. The van der Waals surface area contributed by atoms with E-state index in [1.54, 1.807) is 6.92 Å². The normalized spacial score (nSPS) is 36.2. The van der Waals surface area contributed by atoms with Gasteiger partial charge in [0.1, 0.15) is 0 Å². The van der Waals surface area contributed by atoms with Crippen LogP contribution >= 0.6 is 0 Å². The molecule has 0 spiro atoms. The summed E-state index contributed by atoms with van der Waals surface area (Å²) in [6.45, 7) is 6.50. The smallest absolute Gasteiger partial charge is 0.0972 e. The van der Waals surface area contributed by atoms with Gasteiger partial charge in [-0.1, -0.05) is 20.3 Å². The molecular formula is C12H25NO2. The Balaban J connectivity index is 2.36. The van der Waals surface area contributed by atoms with Gasteiger partial charge in [0.05, 0.1) is 12.2 Å². The van der Waals surface area contributed by atoms with Crippen LogP contribution in [-0.4, -0.2) is 35.0 Å². The summed E-state index contributed by atoms with van der Waals surface area (Å²) in [5.41, 5.74) is -0.986. The standard InChI is InChI=1S/C12H25NO2/c1-9-4-5-10(2)11(6-9)13-7-12(3,15)8-14/h9-11,13-15H,4-8H2,1-3H3. The second kappa shape index (κ2) is 5.28. The number of rotatable bonds is 4. The zero-order chi connectivity index (χ0) is 11.5. The minimum Gasteiger partial charge on any atom is -0.393 e. The number of aliphatic hydroxyl groups is 2. The largest absolute Gasteiger partial charge is 0.393 e. The van der Waals surface area contributed by atoms with Crippen LogP contribution in [0.4, 0.5) is 0 Å². The molecule has 0 radical (unpaired) electrons. The molecule has 0 saturated heterocycles. The summed E-state index contributed by atoms with van der Waals surface area (Å²) in [7, 11) is 0. The van der Waals surface area contributed by atoms with Crippen molar-refractivity contribution in [1.82, 2.24) is 5.32 Å². The predicted octanol–water partition coefficient (Wildman–Crippen LogP) is 1.14. The average molecular weight is 215 g/mol. The highest BCUT2D eigenvalue weighted by Crippen LogP contribution is 2.28. The fraction of sp³-hybridized carbons (Fsp3) is 1.00. The highest BCUT2D eigenvalue weighted by atomic mass is 16.3. The van der Waals surface area contributed by atoms with Crippen molar-refractivity contribution in [3.8, 4) is 0 Å². The molecule has 4 unspecified atom stereocenters. The van der Waals surface area contributed by atoms with Crippen LogP contribution in [0.2, 0.25) is 0 Å². The molecule has 3 nitrogen and oxygen atoms in total. The lowest BCUT2D eigenvalue weighted by atomic mass is 9.80. The molecule has 1 fully saturated rings. The molecule has 1 aliphatic carbocycles.